The number of morpholine rings is 1. The van der Waals surface area contributed by atoms with Gasteiger partial charge in [0.15, 0.2) is 0 Å². The van der Waals surface area contributed by atoms with E-state index in [4.69, 9.17) is 4.74 Å². The Bertz CT molecular complexity index is 228. The van der Waals surface area contributed by atoms with Crippen LogP contribution in [0.15, 0.2) is 0 Å². The molecule has 2 aliphatic carbocycles. The highest BCUT2D eigenvalue weighted by Crippen LogP contribution is 2.42. The van der Waals surface area contributed by atoms with Crippen molar-refractivity contribution in [2.75, 3.05) is 39.4 Å². The van der Waals surface area contributed by atoms with Crippen LogP contribution in [0.5, 0.6) is 0 Å². The smallest absolute Gasteiger partial charge is 0.127 e. The maximum absolute atomic E-state index is 5.39. The van der Waals surface area contributed by atoms with Gasteiger partial charge in [0.2, 0.25) is 0 Å². The SMILES string of the molecule is C(C[NH+]1CCOCC1)[NH2+][C@H]1C[C@@H]2CC[C@H]1C2. The molecule has 0 radical (unpaired) electrons. The van der Waals surface area contributed by atoms with Gasteiger partial charge >= 0.3 is 0 Å². The number of nitrogens with two attached hydrogens (primary N) is 1. The van der Waals surface area contributed by atoms with Crippen molar-refractivity contribution in [3.8, 4) is 0 Å². The largest absolute Gasteiger partial charge is 0.370 e. The number of quaternary nitrogens is 2. The molecule has 16 heavy (non-hydrogen) atoms. The third-order valence-electron chi connectivity index (χ3n) is 4.96. The Balaban J connectivity index is 1.34. The van der Waals surface area contributed by atoms with Gasteiger partial charge in [-0.25, -0.2) is 0 Å². The van der Waals surface area contributed by atoms with Gasteiger partial charge in [0.1, 0.15) is 26.2 Å². The lowest BCUT2D eigenvalue weighted by atomic mass is 9.95. The zero-order valence-electron chi connectivity index (χ0n) is 10.3. The fourth-order valence-corrected chi connectivity index (χ4v) is 3.99. The number of nitrogens with one attached hydrogen (secondary N) is 1. The molecule has 1 heterocycles. The Labute approximate surface area is 98.5 Å². The third-order valence-corrected chi connectivity index (χ3v) is 4.96. The molecule has 92 valence electrons. The summed E-state index contributed by atoms with van der Waals surface area (Å²) in [7, 11) is 0. The standard InChI is InChI=1S/C13H24N2O/c1-2-12-9-11(1)10-13(12)14-3-4-15-5-7-16-8-6-15/h11-14H,1-10H2/p+2/t11-,12+,13+/m1/s1. The van der Waals surface area contributed by atoms with E-state index in [1.165, 1.54) is 45.4 Å². The lowest BCUT2D eigenvalue weighted by Gasteiger charge is -2.25. The molecular formula is C13H26N2O+2. The minimum atomic E-state index is 0.976. The normalized spacial score (nSPS) is 39.4. The van der Waals surface area contributed by atoms with Crippen molar-refractivity contribution >= 4 is 0 Å². The van der Waals surface area contributed by atoms with Crippen molar-refractivity contribution in [3.05, 3.63) is 0 Å². The van der Waals surface area contributed by atoms with Gasteiger partial charge in [-0.2, -0.15) is 0 Å². The van der Waals surface area contributed by atoms with Crippen molar-refractivity contribution in [1.82, 2.24) is 0 Å². The second kappa shape index (κ2) is 5.03. The minimum Gasteiger partial charge on any atom is -0.370 e. The predicted molar refractivity (Wildman–Crippen MR) is 62.4 cm³/mol. The lowest BCUT2D eigenvalue weighted by Crippen LogP contribution is -3.16. The molecule has 3 heteroatoms. The summed E-state index contributed by atoms with van der Waals surface area (Å²) in [5.41, 5.74) is 0. The Morgan fingerprint density at radius 2 is 2.00 bits per heavy atom. The molecule has 0 aromatic carbocycles. The van der Waals surface area contributed by atoms with E-state index in [-0.39, 0.29) is 0 Å². The Hall–Kier alpha value is -0.120. The zero-order chi connectivity index (χ0) is 10.8. The first-order valence-corrected chi connectivity index (χ1v) is 7.16. The van der Waals surface area contributed by atoms with Crippen LogP contribution in [0.4, 0.5) is 0 Å². The predicted octanol–water partition coefficient (Wildman–Crippen LogP) is -1.35. The van der Waals surface area contributed by atoms with Crippen molar-refractivity contribution in [3.63, 3.8) is 0 Å². The number of hydrogen-bond donors (Lipinski definition) is 2. The molecule has 0 spiro atoms. The Kier molecular flexibility index (Phi) is 3.46. The van der Waals surface area contributed by atoms with Gasteiger partial charge in [0.25, 0.3) is 0 Å². The quantitative estimate of drug-likeness (QED) is 0.610. The van der Waals surface area contributed by atoms with Gasteiger partial charge < -0.3 is 15.0 Å². The fraction of sp³-hybridized carbons (Fsp3) is 1.00. The first kappa shape index (κ1) is 11.0. The summed E-state index contributed by atoms with van der Waals surface area (Å²) in [4.78, 5) is 1.76. The molecule has 1 aliphatic heterocycles. The molecule has 3 N–H and O–H groups in total. The second-order valence-electron chi connectivity index (χ2n) is 5.98. The zero-order valence-corrected chi connectivity index (χ0v) is 10.3. The number of fused-ring (bicyclic) bond motifs is 2. The molecule has 0 amide bonds. The summed E-state index contributed by atoms with van der Waals surface area (Å²) in [6.45, 7) is 7.09. The molecule has 3 atom stereocenters. The number of rotatable bonds is 4. The Morgan fingerprint density at radius 3 is 2.69 bits per heavy atom. The topological polar surface area (TPSA) is 30.3 Å². The van der Waals surface area contributed by atoms with Crippen LogP contribution in [0.2, 0.25) is 0 Å². The van der Waals surface area contributed by atoms with Crippen LogP contribution in [0.3, 0.4) is 0 Å². The first-order chi connectivity index (χ1) is 7.92. The highest BCUT2D eigenvalue weighted by Gasteiger charge is 2.41. The van der Waals surface area contributed by atoms with E-state index in [1.807, 2.05) is 0 Å². The Morgan fingerprint density at radius 1 is 1.12 bits per heavy atom. The summed E-state index contributed by atoms with van der Waals surface area (Å²) in [5.74, 6) is 2.17. The van der Waals surface area contributed by atoms with Crippen molar-refractivity contribution < 1.29 is 15.0 Å². The lowest BCUT2D eigenvalue weighted by molar-refractivity contribution is -0.921. The number of ether oxygens (including phenoxy) is 1. The molecule has 0 aromatic rings. The van der Waals surface area contributed by atoms with Crippen LogP contribution < -0.4 is 10.2 Å². The van der Waals surface area contributed by atoms with E-state index in [0.717, 1.165) is 31.1 Å². The van der Waals surface area contributed by atoms with Gasteiger partial charge in [-0.15, -0.1) is 0 Å². The van der Waals surface area contributed by atoms with E-state index in [9.17, 15) is 0 Å². The summed E-state index contributed by atoms with van der Waals surface area (Å²) in [6, 6.07) is 0.985. The maximum Gasteiger partial charge on any atom is 0.127 e. The molecule has 3 aliphatic rings. The van der Waals surface area contributed by atoms with E-state index >= 15 is 0 Å². The number of hydrogen-bond acceptors (Lipinski definition) is 1. The van der Waals surface area contributed by atoms with E-state index in [2.05, 4.69) is 5.32 Å². The van der Waals surface area contributed by atoms with Gasteiger partial charge in [-0.3, -0.25) is 0 Å². The van der Waals surface area contributed by atoms with Gasteiger partial charge in [0.05, 0.1) is 19.3 Å². The van der Waals surface area contributed by atoms with Gasteiger partial charge in [0, 0.05) is 12.3 Å². The summed E-state index contributed by atoms with van der Waals surface area (Å²) >= 11 is 0. The summed E-state index contributed by atoms with van der Waals surface area (Å²) in [5, 5.41) is 2.66. The summed E-state index contributed by atoms with van der Waals surface area (Å²) in [6.07, 6.45) is 6.12. The van der Waals surface area contributed by atoms with Crippen molar-refractivity contribution in [2.45, 2.75) is 31.7 Å². The van der Waals surface area contributed by atoms with Crippen molar-refractivity contribution in [1.29, 1.82) is 0 Å². The molecule has 3 rings (SSSR count). The fourth-order valence-electron chi connectivity index (χ4n) is 3.99. The minimum absolute atomic E-state index is 0.976. The molecule has 3 nitrogen and oxygen atoms in total. The molecule has 2 bridgehead atoms. The van der Waals surface area contributed by atoms with E-state index in [0.29, 0.717) is 0 Å². The average molecular weight is 226 g/mol. The van der Waals surface area contributed by atoms with Crippen LogP contribution in [0, 0.1) is 11.8 Å². The van der Waals surface area contributed by atoms with Crippen LogP contribution in [-0.2, 0) is 4.74 Å². The molecule has 3 fully saturated rings. The molecule has 1 saturated heterocycles. The van der Waals surface area contributed by atoms with E-state index < -0.39 is 0 Å². The van der Waals surface area contributed by atoms with Crippen LogP contribution in [0.1, 0.15) is 25.7 Å². The van der Waals surface area contributed by atoms with Crippen molar-refractivity contribution in [2.24, 2.45) is 11.8 Å². The van der Waals surface area contributed by atoms with Gasteiger partial charge in [-0.05, 0) is 25.2 Å². The second-order valence-corrected chi connectivity index (χ2v) is 5.98. The summed E-state index contributed by atoms with van der Waals surface area (Å²) < 4.78 is 5.39. The molecule has 0 unspecified atom stereocenters. The molecule has 0 aromatic heterocycles. The molecular weight excluding hydrogens is 200 g/mol. The van der Waals surface area contributed by atoms with Crippen LogP contribution in [0.25, 0.3) is 0 Å². The van der Waals surface area contributed by atoms with Crippen LogP contribution >= 0.6 is 0 Å². The average Bonchev–Trinajstić information content (AvgIpc) is 2.92. The molecule has 2 saturated carbocycles. The highest BCUT2D eigenvalue weighted by molar-refractivity contribution is 4.89. The van der Waals surface area contributed by atoms with Gasteiger partial charge in [-0.1, -0.05) is 0 Å². The monoisotopic (exact) mass is 226 g/mol. The van der Waals surface area contributed by atoms with E-state index in [1.54, 1.807) is 11.3 Å². The van der Waals surface area contributed by atoms with Crippen LogP contribution in [-0.4, -0.2) is 45.4 Å². The highest BCUT2D eigenvalue weighted by atomic mass is 16.5. The first-order valence-electron chi connectivity index (χ1n) is 7.16. The maximum atomic E-state index is 5.39. The third kappa shape index (κ3) is 2.41.